The number of hydrogen-bond acceptors (Lipinski definition) is 4. The molecule has 0 amide bonds. The van der Waals surface area contributed by atoms with Crippen molar-refractivity contribution < 1.29 is 0 Å². The molecule has 6 rings (SSSR count). The quantitative estimate of drug-likeness (QED) is 0.290. The highest BCUT2D eigenvalue weighted by Crippen LogP contribution is 2.45. The molecule has 4 unspecified atom stereocenters. The Bertz CT molecular complexity index is 1550. The Balaban J connectivity index is 1.35. The van der Waals surface area contributed by atoms with Crippen molar-refractivity contribution in [3.8, 4) is 18.4 Å². The van der Waals surface area contributed by atoms with Gasteiger partial charge in [-0.25, -0.2) is 4.98 Å². The van der Waals surface area contributed by atoms with E-state index in [-0.39, 0.29) is 24.2 Å². The number of aromatic nitrogens is 1. The highest BCUT2D eigenvalue weighted by Gasteiger charge is 2.42. The van der Waals surface area contributed by atoms with Crippen LogP contribution in [0.2, 0.25) is 0 Å². The van der Waals surface area contributed by atoms with Crippen LogP contribution in [0.5, 0.6) is 0 Å². The van der Waals surface area contributed by atoms with Crippen LogP contribution in [0.1, 0.15) is 56.7 Å². The molecule has 4 heteroatoms. The maximum absolute atomic E-state index is 9.22. The van der Waals surface area contributed by atoms with Gasteiger partial charge >= 0.3 is 0 Å². The monoisotopic (exact) mass is 536 g/mol. The van der Waals surface area contributed by atoms with Gasteiger partial charge in [-0.2, -0.15) is 5.26 Å². The SMILES string of the molecule is C#CC1C(/C=C\C)N(C2C=CC=CC2)c2ccccc2N1C1CCC=C(C2=CCCC=C2c2ccc(C#N)nc2)C1. The summed E-state index contributed by atoms with van der Waals surface area (Å²) in [5.74, 6) is 3.25. The van der Waals surface area contributed by atoms with E-state index in [0.29, 0.717) is 5.69 Å². The van der Waals surface area contributed by atoms with Gasteiger partial charge in [-0.1, -0.05) is 72.7 Å². The van der Waals surface area contributed by atoms with Crippen LogP contribution in [0.15, 0.2) is 108 Å². The fourth-order valence-electron chi connectivity index (χ4n) is 6.92. The molecule has 0 N–H and O–H groups in total. The molecule has 0 radical (unpaired) electrons. The van der Waals surface area contributed by atoms with Gasteiger partial charge in [-0.15, -0.1) is 6.42 Å². The molecule has 204 valence electrons. The minimum Gasteiger partial charge on any atom is -0.354 e. The van der Waals surface area contributed by atoms with Crippen molar-refractivity contribution in [3.63, 3.8) is 0 Å². The van der Waals surface area contributed by atoms with E-state index in [1.807, 2.05) is 18.3 Å². The van der Waals surface area contributed by atoms with Crippen LogP contribution >= 0.6 is 0 Å². The summed E-state index contributed by atoms with van der Waals surface area (Å²) in [5, 5.41) is 9.22. The van der Waals surface area contributed by atoms with E-state index in [2.05, 4.69) is 113 Å². The van der Waals surface area contributed by atoms with Crippen molar-refractivity contribution in [2.24, 2.45) is 0 Å². The summed E-state index contributed by atoms with van der Waals surface area (Å²) >= 11 is 0. The number of nitriles is 1. The first-order chi connectivity index (χ1) is 20.2. The van der Waals surface area contributed by atoms with Crippen molar-refractivity contribution in [3.05, 3.63) is 120 Å². The second-order valence-electron chi connectivity index (χ2n) is 11.1. The summed E-state index contributed by atoms with van der Waals surface area (Å²) in [6, 6.07) is 15.3. The van der Waals surface area contributed by atoms with Gasteiger partial charge in [0.1, 0.15) is 17.8 Å². The van der Waals surface area contributed by atoms with Crippen LogP contribution in [0.3, 0.4) is 0 Å². The number of hydrogen-bond donors (Lipinski definition) is 0. The van der Waals surface area contributed by atoms with Crippen LogP contribution in [0.4, 0.5) is 11.4 Å². The fraction of sp³-hybridized carbons (Fsp3) is 0.297. The van der Waals surface area contributed by atoms with Gasteiger partial charge in [-0.3, -0.25) is 0 Å². The van der Waals surface area contributed by atoms with E-state index in [1.165, 1.54) is 28.1 Å². The second kappa shape index (κ2) is 11.9. The number of anilines is 2. The highest BCUT2D eigenvalue weighted by atomic mass is 15.3. The predicted molar refractivity (Wildman–Crippen MR) is 169 cm³/mol. The highest BCUT2D eigenvalue weighted by molar-refractivity contribution is 5.84. The summed E-state index contributed by atoms with van der Waals surface area (Å²) in [5.41, 5.74) is 7.92. The lowest BCUT2D eigenvalue weighted by Gasteiger charge is -2.53. The fourth-order valence-corrected chi connectivity index (χ4v) is 6.92. The van der Waals surface area contributed by atoms with Crippen LogP contribution in [0, 0.1) is 23.7 Å². The van der Waals surface area contributed by atoms with Crippen molar-refractivity contribution in [1.29, 1.82) is 5.26 Å². The molecule has 0 saturated heterocycles. The largest absolute Gasteiger partial charge is 0.354 e. The molecule has 41 heavy (non-hydrogen) atoms. The van der Waals surface area contributed by atoms with Crippen LogP contribution in [-0.4, -0.2) is 29.2 Å². The molecule has 1 aromatic carbocycles. The third-order valence-corrected chi connectivity index (χ3v) is 8.69. The van der Waals surface area contributed by atoms with Crippen molar-refractivity contribution in [1.82, 2.24) is 4.98 Å². The molecule has 0 fully saturated rings. The van der Waals surface area contributed by atoms with Crippen LogP contribution in [-0.2, 0) is 0 Å². The lowest BCUT2D eigenvalue weighted by molar-refractivity contribution is 0.452. The molecule has 0 saturated carbocycles. The average molecular weight is 537 g/mol. The first-order valence-electron chi connectivity index (χ1n) is 14.8. The molecule has 0 bridgehead atoms. The predicted octanol–water partition coefficient (Wildman–Crippen LogP) is 7.69. The van der Waals surface area contributed by atoms with Gasteiger partial charge in [0.25, 0.3) is 0 Å². The third kappa shape index (κ3) is 5.07. The molecule has 1 aromatic heterocycles. The summed E-state index contributed by atoms with van der Waals surface area (Å²) < 4.78 is 0. The number of benzene rings is 1. The smallest absolute Gasteiger partial charge is 0.140 e. The van der Waals surface area contributed by atoms with E-state index < -0.39 is 0 Å². The van der Waals surface area contributed by atoms with E-state index in [0.717, 1.165) is 44.1 Å². The lowest BCUT2D eigenvalue weighted by atomic mass is 9.80. The topological polar surface area (TPSA) is 43.2 Å². The van der Waals surface area contributed by atoms with Gasteiger partial charge in [0.15, 0.2) is 0 Å². The Morgan fingerprint density at radius 2 is 1.78 bits per heavy atom. The summed E-state index contributed by atoms with van der Waals surface area (Å²) in [7, 11) is 0. The molecule has 1 aliphatic heterocycles. The Kier molecular flexibility index (Phi) is 7.75. The molecule has 3 aliphatic carbocycles. The summed E-state index contributed by atoms with van der Waals surface area (Å²) in [6.45, 7) is 2.09. The van der Waals surface area contributed by atoms with E-state index >= 15 is 0 Å². The maximum Gasteiger partial charge on any atom is 0.140 e. The average Bonchev–Trinajstić information content (AvgIpc) is 3.04. The Hall–Kier alpha value is -4.54. The molecule has 4 nitrogen and oxygen atoms in total. The van der Waals surface area contributed by atoms with Gasteiger partial charge in [0.2, 0.25) is 0 Å². The number of rotatable bonds is 5. The Labute approximate surface area is 244 Å². The molecule has 4 aliphatic rings. The van der Waals surface area contributed by atoms with Gasteiger partial charge in [-0.05, 0) is 86.4 Å². The Morgan fingerprint density at radius 3 is 2.46 bits per heavy atom. The van der Waals surface area contributed by atoms with Gasteiger partial charge in [0, 0.05) is 17.8 Å². The number of para-hydroxylation sites is 2. The minimum atomic E-state index is -0.0807. The van der Waals surface area contributed by atoms with E-state index in [9.17, 15) is 5.26 Å². The number of nitrogens with zero attached hydrogens (tertiary/aromatic N) is 4. The molecule has 2 aromatic rings. The Morgan fingerprint density at radius 1 is 0.976 bits per heavy atom. The standard InChI is InChI=1S/C37H36N4/c1-3-13-35-34(4-2)41(37-21-11-10-20-36(37)40(35)30-15-6-5-7-16-30)31-17-12-14-27(24-31)32-18-8-9-19-33(32)28-22-23-29(25-38)39-26-28/h2-3,5-7,10-11,13-15,18-23,26,30-31,34-35H,8-9,12,16-17,24H2,1H3/b13-3-. The molecule has 4 atom stereocenters. The maximum atomic E-state index is 9.22. The summed E-state index contributed by atoms with van der Waals surface area (Å²) in [6.07, 6.45) is 34.7. The van der Waals surface area contributed by atoms with Crippen LogP contribution in [0.25, 0.3) is 5.57 Å². The molecular weight excluding hydrogens is 500 g/mol. The van der Waals surface area contributed by atoms with Crippen molar-refractivity contribution in [2.45, 2.75) is 69.6 Å². The zero-order valence-electron chi connectivity index (χ0n) is 23.7. The van der Waals surface area contributed by atoms with Crippen LogP contribution < -0.4 is 9.80 Å². The lowest BCUT2D eigenvalue weighted by Crippen LogP contribution is -2.60. The molecule has 0 spiro atoms. The first-order valence-corrected chi connectivity index (χ1v) is 14.8. The zero-order chi connectivity index (χ0) is 28.2. The van der Waals surface area contributed by atoms with Crippen molar-refractivity contribution in [2.75, 3.05) is 9.80 Å². The molecular formula is C37H36N4. The number of terminal acetylenes is 1. The number of allylic oxidation sites excluding steroid dienone is 8. The van der Waals surface area contributed by atoms with Gasteiger partial charge in [0.05, 0.1) is 23.5 Å². The number of fused-ring (bicyclic) bond motifs is 1. The third-order valence-electron chi connectivity index (χ3n) is 8.69. The first kappa shape index (κ1) is 26.7. The molecule has 2 heterocycles. The van der Waals surface area contributed by atoms with Gasteiger partial charge < -0.3 is 9.80 Å². The second-order valence-corrected chi connectivity index (χ2v) is 11.1. The van der Waals surface area contributed by atoms with Crippen molar-refractivity contribution >= 4 is 16.9 Å². The minimum absolute atomic E-state index is 0.0736. The van der Waals surface area contributed by atoms with E-state index in [1.54, 1.807) is 0 Å². The summed E-state index contributed by atoms with van der Waals surface area (Å²) in [4.78, 5) is 9.46. The zero-order valence-corrected chi connectivity index (χ0v) is 23.7. The number of pyridine rings is 1. The normalized spacial score (nSPS) is 25.6. The van der Waals surface area contributed by atoms with E-state index in [4.69, 9.17) is 6.42 Å².